The quantitative estimate of drug-likeness (QED) is 0.161. The smallest absolute Gasteiger partial charge is 0.407 e. The van der Waals surface area contributed by atoms with E-state index in [9.17, 15) is 27.9 Å². The Morgan fingerprint density at radius 2 is 1.88 bits per heavy atom. The molecule has 2 amide bonds. The van der Waals surface area contributed by atoms with Gasteiger partial charge in [0.15, 0.2) is 6.29 Å². The van der Waals surface area contributed by atoms with Crippen molar-refractivity contribution in [1.29, 1.82) is 0 Å². The normalized spacial score (nSPS) is 21.5. The van der Waals surface area contributed by atoms with Gasteiger partial charge in [0.25, 0.3) is 5.91 Å². The highest BCUT2D eigenvalue weighted by molar-refractivity contribution is 7.89. The summed E-state index contributed by atoms with van der Waals surface area (Å²) in [5, 5.41) is 17.2. The summed E-state index contributed by atoms with van der Waals surface area (Å²) in [6.07, 6.45) is -0.598. The molecule has 2 saturated heterocycles. The molecule has 0 radical (unpaired) electrons. The van der Waals surface area contributed by atoms with Gasteiger partial charge in [-0.25, -0.2) is 13.2 Å². The lowest BCUT2D eigenvalue weighted by Gasteiger charge is -2.31. The second-order valence-electron chi connectivity index (χ2n) is 13.5. The van der Waals surface area contributed by atoms with Crippen molar-refractivity contribution in [3.8, 4) is 0 Å². The fourth-order valence-corrected chi connectivity index (χ4v) is 8.17. The number of hydrogen-bond donors (Lipinski definition) is 3. The molecule has 1 aromatic heterocycles. The molecule has 0 unspecified atom stereocenters. The van der Waals surface area contributed by atoms with E-state index < -0.39 is 52.5 Å². The second kappa shape index (κ2) is 16.0. The number of benzene rings is 2. The summed E-state index contributed by atoms with van der Waals surface area (Å²) in [6.45, 7) is 5.38. The predicted molar refractivity (Wildman–Crippen MR) is 188 cm³/mol. The largest absolute Gasteiger partial charge is 0.458 e. The standard InChI is InChI=1S/C37H43N3O11S/c1-22(2)18-40(19-33(42)32(15-24-7-5-4-6-8-24)39-37(44)51-34-21-49-36-28(34)13-14-47-36)52(45,46)27-11-12-31-29(17-27)30(35(43)38-31)16-25-9-10-26(50-25)20-48-23(3)41/h4-12,16-17,22,28,32-34,36,42H,13-15,18-21H2,1-3H3,(H,38,43)(H,39,44)/b30-16-/t28-,32-,33+,34-,36+/m0/s1. The van der Waals surface area contributed by atoms with Crippen molar-refractivity contribution >= 4 is 45.3 Å². The Kier molecular flexibility index (Phi) is 11.5. The molecule has 6 rings (SSSR count). The number of aliphatic hydroxyl groups excluding tert-OH is 1. The summed E-state index contributed by atoms with van der Waals surface area (Å²) >= 11 is 0. The Labute approximate surface area is 302 Å². The van der Waals surface area contributed by atoms with Gasteiger partial charge in [-0.15, -0.1) is 0 Å². The fraction of sp³-hybridized carbons (Fsp3) is 0.432. The molecule has 0 bridgehead atoms. The van der Waals surface area contributed by atoms with Crippen LogP contribution in [0.4, 0.5) is 10.5 Å². The number of fused-ring (bicyclic) bond motifs is 2. The monoisotopic (exact) mass is 737 g/mol. The number of nitrogens with one attached hydrogen (secondary N) is 2. The molecule has 3 aliphatic heterocycles. The molecule has 278 valence electrons. The topological polar surface area (TPSA) is 183 Å². The zero-order valence-corrected chi connectivity index (χ0v) is 30.0. The van der Waals surface area contributed by atoms with E-state index >= 15 is 0 Å². The van der Waals surface area contributed by atoms with E-state index in [1.165, 1.54) is 35.5 Å². The maximum Gasteiger partial charge on any atom is 0.407 e. The van der Waals surface area contributed by atoms with Crippen molar-refractivity contribution < 1.29 is 51.3 Å². The van der Waals surface area contributed by atoms with E-state index in [-0.39, 0.29) is 55.0 Å². The lowest BCUT2D eigenvalue weighted by Crippen LogP contribution is -2.51. The average molecular weight is 738 g/mol. The number of anilines is 1. The number of esters is 1. The number of furan rings is 1. The highest BCUT2D eigenvalue weighted by atomic mass is 32.2. The van der Waals surface area contributed by atoms with E-state index in [0.717, 1.165) is 5.56 Å². The first kappa shape index (κ1) is 37.2. The van der Waals surface area contributed by atoms with Crippen LogP contribution in [0.1, 0.15) is 49.8 Å². The van der Waals surface area contributed by atoms with E-state index in [1.807, 2.05) is 44.2 Å². The van der Waals surface area contributed by atoms with Gasteiger partial charge in [0.05, 0.1) is 41.7 Å². The Morgan fingerprint density at radius 3 is 2.63 bits per heavy atom. The molecule has 2 aromatic carbocycles. The third kappa shape index (κ3) is 8.73. The molecule has 15 heteroatoms. The molecule has 0 spiro atoms. The van der Waals surface area contributed by atoms with E-state index in [4.69, 9.17) is 23.4 Å². The molecule has 3 aliphatic rings. The number of alkyl carbamates (subject to hydrolysis) is 1. The Balaban J connectivity index is 1.22. The van der Waals surface area contributed by atoms with Crippen LogP contribution in [0.15, 0.2) is 70.0 Å². The molecule has 0 saturated carbocycles. The third-order valence-corrected chi connectivity index (χ3v) is 10.9. The van der Waals surface area contributed by atoms with E-state index in [2.05, 4.69) is 10.6 Å². The van der Waals surface area contributed by atoms with Crippen LogP contribution in [0, 0.1) is 11.8 Å². The molecule has 3 N–H and O–H groups in total. The Bertz CT molecular complexity index is 1910. The van der Waals surface area contributed by atoms with Crippen LogP contribution in [0.2, 0.25) is 0 Å². The van der Waals surface area contributed by atoms with Crippen molar-refractivity contribution in [2.75, 3.05) is 31.6 Å². The maximum absolute atomic E-state index is 14.3. The van der Waals surface area contributed by atoms with Gasteiger partial charge in [0, 0.05) is 31.3 Å². The number of amides is 2. The number of ether oxygens (including phenoxy) is 4. The van der Waals surface area contributed by atoms with Gasteiger partial charge in [-0.2, -0.15) is 4.31 Å². The lowest BCUT2D eigenvalue weighted by molar-refractivity contribution is -0.142. The minimum atomic E-state index is -4.24. The van der Waals surface area contributed by atoms with Crippen molar-refractivity contribution in [2.24, 2.45) is 11.8 Å². The van der Waals surface area contributed by atoms with Crippen LogP contribution >= 0.6 is 0 Å². The number of nitrogens with zero attached hydrogens (tertiary/aromatic N) is 1. The molecule has 52 heavy (non-hydrogen) atoms. The summed E-state index contributed by atoms with van der Waals surface area (Å²) < 4.78 is 57.3. The first-order valence-corrected chi connectivity index (χ1v) is 18.6. The minimum Gasteiger partial charge on any atom is -0.458 e. The Hall–Kier alpha value is -4.54. The zero-order chi connectivity index (χ0) is 37.0. The van der Waals surface area contributed by atoms with Crippen LogP contribution in [-0.2, 0) is 51.6 Å². The molecule has 14 nitrogen and oxygen atoms in total. The molecule has 5 atom stereocenters. The zero-order valence-electron chi connectivity index (χ0n) is 29.1. The van der Waals surface area contributed by atoms with Crippen LogP contribution in [0.5, 0.6) is 0 Å². The van der Waals surface area contributed by atoms with Crippen molar-refractivity contribution in [3.63, 3.8) is 0 Å². The van der Waals surface area contributed by atoms with Gasteiger partial charge < -0.3 is 39.1 Å². The molecule has 0 aliphatic carbocycles. The van der Waals surface area contributed by atoms with Gasteiger partial charge in [0.2, 0.25) is 10.0 Å². The average Bonchev–Trinajstić information content (AvgIpc) is 3.90. The first-order chi connectivity index (χ1) is 24.9. The molecular weight excluding hydrogens is 694 g/mol. The molecule has 3 aromatic rings. The van der Waals surface area contributed by atoms with Crippen molar-refractivity contribution in [2.45, 2.75) is 69.7 Å². The minimum absolute atomic E-state index is 0.0683. The van der Waals surface area contributed by atoms with Gasteiger partial charge in [-0.05, 0) is 60.7 Å². The first-order valence-electron chi connectivity index (χ1n) is 17.2. The summed E-state index contributed by atoms with van der Waals surface area (Å²) in [6, 6.07) is 15.9. The van der Waals surface area contributed by atoms with Gasteiger partial charge in [0.1, 0.15) is 24.2 Å². The van der Waals surface area contributed by atoms with E-state index in [1.54, 1.807) is 12.1 Å². The predicted octanol–water partition coefficient (Wildman–Crippen LogP) is 3.94. The van der Waals surface area contributed by atoms with Crippen LogP contribution in [0.3, 0.4) is 0 Å². The highest BCUT2D eigenvalue weighted by Gasteiger charge is 2.44. The van der Waals surface area contributed by atoms with Crippen molar-refractivity contribution in [1.82, 2.24) is 9.62 Å². The maximum atomic E-state index is 14.3. The molecular formula is C37H43N3O11S. The second-order valence-corrected chi connectivity index (χ2v) is 15.4. The summed E-state index contributed by atoms with van der Waals surface area (Å²) in [4.78, 5) is 37.3. The van der Waals surface area contributed by atoms with Crippen molar-refractivity contribution in [3.05, 3.63) is 83.3 Å². The number of carbonyl (C=O) groups excluding carboxylic acids is 3. The SMILES string of the molecule is CC(=O)OCc1ccc(/C=C2\C(=O)Nc3ccc(S(=O)(=O)N(CC(C)C)C[C@@H](O)[C@H](Cc4ccccc4)NC(=O)O[C@H]4CO[C@H]5OCC[C@H]54)cc32)o1. The number of sulfonamides is 1. The van der Waals surface area contributed by atoms with Crippen LogP contribution < -0.4 is 10.6 Å². The number of rotatable bonds is 14. The highest BCUT2D eigenvalue weighted by Crippen LogP contribution is 2.36. The molecule has 4 heterocycles. The number of hydrogen-bond acceptors (Lipinski definition) is 11. The number of aliphatic hydroxyl groups is 1. The summed E-state index contributed by atoms with van der Waals surface area (Å²) in [5.74, 6) is -0.426. The summed E-state index contributed by atoms with van der Waals surface area (Å²) in [5.41, 5.74) is 1.78. The van der Waals surface area contributed by atoms with Crippen LogP contribution in [-0.4, -0.2) is 86.6 Å². The Morgan fingerprint density at radius 1 is 1.10 bits per heavy atom. The molecule has 2 fully saturated rings. The van der Waals surface area contributed by atoms with Gasteiger partial charge in [-0.3, -0.25) is 9.59 Å². The summed E-state index contributed by atoms with van der Waals surface area (Å²) in [7, 11) is -4.24. The third-order valence-electron chi connectivity index (χ3n) is 9.07. The number of carbonyl (C=O) groups is 3. The van der Waals surface area contributed by atoms with Gasteiger partial charge in [-0.1, -0.05) is 44.2 Å². The lowest BCUT2D eigenvalue weighted by atomic mass is 10.0. The van der Waals surface area contributed by atoms with E-state index in [0.29, 0.717) is 35.8 Å². The fourth-order valence-electron chi connectivity index (χ4n) is 6.52. The van der Waals surface area contributed by atoms with Crippen LogP contribution in [0.25, 0.3) is 11.6 Å². The van der Waals surface area contributed by atoms with Gasteiger partial charge >= 0.3 is 12.1 Å².